The molecule has 1 aromatic carbocycles. The SMILES string of the molecule is O=CN1CCN(C(=O)NCc2cccc(Br)c2)CC1. The Labute approximate surface area is 120 Å². The van der Waals surface area contributed by atoms with Gasteiger partial charge < -0.3 is 15.1 Å². The lowest BCUT2D eigenvalue weighted by Gasteiger charge is -2.32. The van der Waals surface area contributed by atoms with Crippen molar-refractivity contribution in [1.29, 1.82) is 0 Å². The van der Waals surface area contributed by atoms with Gasteiger partial charge in [-0.15, -0.1) is 0 Å². The first kappa shape index (κ1) is 13.9. The number of halogens is 1. The van der Waals surface area contributed by atoms with Gasteiger partial charge in [0.25, 0.3) is 0 Å². The van der Waals surface area contributed by atoms with Crippen molar-refractivity contribution in [2.45, 2.75) is 6.54 Å². The van der Waals surface area contributed by atoms with Crippen molar-refractivity contribution in [2.24, 2.45) is 0 Å². The maximum Gasteiger partial charge on any atom is 0.317 e. The van der Waals surface area contributed by atoms with E-state index >= 15 is 0 Å². The molecule has 19 heavy (non-hydrogen) atoms. The predicted octanol–water partition coefficient (Wildman–Crippen LogP) is 1.43. The number of piperazine rings is 1. The average Bonchev–Trinajstić information content (AvgIpc) is 2.45. The maximum atomic E-state index is 11.9. The molecule has 0 spiro atoms. The fraction of sp³-hybridized carbons (Fsp3) is 0.385. The third-order valence-electron chi connectivity index (χ3n) is 3.08. The van der Waals surface area contributed by atoms with E-state index < -0.39 is 0 Å². The third-order valence-corrected chi connectivity index (χ3v) is 3.58. The van der Waals surface area contributed by atoms with E-state index in [4.69, 9.17) is 0 Å². The van der Waals surface area contributed by atoms with Crippen LogP contribution in [0.25, 0.3) is 0 Å². The second-order valence-electron chi connectivity index (χ2n) is 4.42. The summed E-state index contributed by atoms with van der Waals surface area (Å²) in [6.45, 7) is 2.89. The lowest BCUT2D eigenvalue weighted by atomic mass is 10.2. The standard InChI is InChI=1S/C13H16BrN3O2/c14-12-3-1-2-11(8-12)9-15-13(19)17-6-4-16(10-18)5-7-17/h1-3,8,10H,4-7,9H2,(H,15,19). The second-order valence-corrected chi connectivity index (χ2v) is 5.33. The van der Waals surface area contributed by atoms with Crippen LogP contribution in [0, 0.1) is 0 Å². The molecule has 6 heteroatoms. The zero-order chi connectivity index (χ0) is 13.7. The number of nitrogens with one attached hydrogen (secondary N) is 1. The summed E-state index contributed by atoms with van der Waals surface area (Å²) < 4.78 is 0.999. The molecule has 3 amide bonds. The number of hydrogen-bond acceptors (Lipinski definition) is 2. The largest absolute Gasteiger partial charge is 0.342 e. The molecule has 0 radical (unpaired) electrons. The maximum absolute atomic E-state index is 11.9. The van der Waals surface area contributed by atoms with Crippen molar-refractivity contribution < 1.29 is 9.59 Å². The van der Waals surface area contributed by atoms with E-state index in [9.17, 15) is 9.59 Å². The summed E-state index contributed by atoms with van der Waals surface area (Å²) in [5, 5.41) is 2.89. The highest BCUT2D eigenvalue weighted by atomic mass is 79.9. The molecule has 1 N–H and O–H groups in total. The Balaban J connectivity index is 1.80. The van der Waals surface area contributed by atoms with Gasteiger partial charge in [-0.2, -0.15) is 0 Å². The van der Waals surface area contributed by atoms with E-state index in [2.05, 4.69) is 21.2 Å². The summed E-state index contributed by atoms with van der Waals surface area (Å²) in [4.78, 5) is 25.9. The van der Waals surface area contributed by atoms with Gasteiger partial charge in [-0.1, -0.05) is 28.1 Å². The topological polar surface area (TPSA) is 52.7 Å². The van der Waals surface area contributed by atoms with Gasteiger partial charge in [-0.25, -0.2) is 4.79 Å². The highest BCUT2D eigenvalue weighted by Crippen LogP contribution is 2.11. The molecule has 0 unspecified atom stereocenters. The van der Waals surface area contributed by atoms with Crippen LogP contribution < -0.4 is 5.32 Å². The molecule has 2 rings (SSSR count). The van der Waals surface area contributed by atoms with Crippen molar-refractivity contribution >= 4 is 28.4 Å². The van der Waals surface area contributed by atoms with E-state index in [0.29, 0.717) is 32.7 Å². The fourth-order valence-electron chi connectivity index (χ4n) is 1.97. The summed E-state index contributed by atoms with van der Waals surface area (Å²) in [6, 6.07) is 7.75. The molecular weight excluding hydrogens is 310 g/mol. The molecule has 5 nitrogen and oxygen atoms in total. The summed E-state index contributed by atoms with van der Waals surface area (Å²) in [6.07, 6.45) is 0.830. The lowest BCUT2D eigenvalue weighted by Crippen LogP contribution is -2.51. The van der Waals surface area contributed by atoms with Crippen LogP contribution in [0.5, 0.6) is 0 Å². The number of rotatable bonds is 3. The molecule has 1 saturated heterocycles. The van der Waals surface area contributed by atoms with Gasteiger partial charge in [0.1, 0.15) is 0 Å². The molecule has 0 aliphatic carbocycles. The molecular formula is C13H16BrN3O2. The lowest BCUT2D eigenvalue weighted by molar-refractivity contribution is -0.119. The van der Waals surface area contributed by atoms with Crippen LogP contribution in [0.2, 0.25) is 0 Å². The Morgan fingerprint density at radius 2 is 2.05 bits per heavy atom. The molecule has 0 atom stereocenters. The van der Waals surface area contributed by atoms with Gasteiger partial charge in [-0.3, -0.25) is 4.79 Å². The monoisotopic (exact) mass is 325 g/mol. The Morgan fingerprint density at radius 3 is 2.68 bits per heavy atom. The zero-order valence-corrected chi connectivity index (χ0v) is 12.1. The Bertz CT molecular complexity index is 459. The number of nitrogens with zero attached hydrogens (tertiary/aromatic N) is 2. The van der Waals surface area contributed by atoms with Crippen molar-refractivity contribution in [2.75, 3.05) is 26.2 Å². The average molecular weight is 326 g/mol. The molecule has 1 heterocycles. The summed E-state index contributed by atoms with van der Waals surface area (Å²) in [7, 11) is 0. The van der Waals surface area contributed by atoms with Gasteiger partial charge in [-0.05, 0) is 17.7 Å². The van der Waals surface area contributed by atoms with E-state index in [-0.39, 0.29) is 6.03 Å². The Kier molecular flexibility index (Phi) is 4.79. The number of urea groups is 1. The van der Waals surface area contributed by atoms with Crippen LogP contribution in [-0.2, 0) is 11.3 Å². The minimum atomic E-state index is -0.0782. The second kappa shape index (κ2) is 6.56. The molecule has 0 bridgehead atoms. The first-order chi connectivity index (χ1) is 9.19. The predicted molar refractivity (Wildman–Crippen MR) is 75.6 cm³/mol. The number of carbonyl (C=O) groups excluding carboxylic acids is 2. The quantitative estimate of drug-likeness (QED) is 0.855. The summed E-state index contributed by atoms with van der Waals surface area (Å²) in [5.41, 5.74) is 1.05. The van der Waals surface area contributed by atoms with E-state index in [1.807, 2.05) is 24.3 Å². The van der Waals surface area contributed by atoms with Crippen LogP contribution in [-0.4, -0.2) is 48.4 Å². The zero-order valence-electron chi connectivity index (χ0n) is 10.5. The summed E-state index contributed by atoms with van der Waals surface area (Å²) in [5.74, 6) is 0. The van der Waals surface area contributed by atoms with Crippen LogP contribution in [0.3, 0.4) is 0 Å². The van der Waals surface area contributed by atoms with Crippen LogP contribution in [0.15, 0.2) is 28.7 Å². The van der Waals surface area contributed by atoms with Gasteiger partial charge in [0.2, 0.25) is 6.41 Å². The fourth-order valence-corrected chi connectivity index (χ4v) is 2.41. The number of benzene rings is 1. The van der Waals surface area contributed by atoms with Gasteiger partial charge in [0, 0.05) is 37.2 Å². The number of carbonyl (C=O) groups is 2. The molecule has 1 fully saturated rings. The van der Waals surface area contributed by atoms with Crippen molar-refractivity contribution in [3.63, 3.8) is 0 Å². The highest BCUT2D eigenvalue weighted by Gasteiger charge is 2.19. The molecule has 1 aliphatic rings. The molecule has 102 valence electrons. The Hall–Kier alpha value is -1.56. The first-order valence-corrected chi connectivity index (χ1v) is 6.95. The Morgan fingerprint density at radius 1 is 1.32 bits per heavy atom. The van der Waals surface area contributed by atoms with E-state index in [1.165, 1.54) is 0 Å². The first-order valence-electron chi connectivity index (χ1n) is 6.15. The van der Waals surface area contributed by atoms with Crippen LogP contribution >= 0.6 is 15.9 Å². The number of amides is 3. The van der Waals surface area contributed by atoms with Gasteiger partial charge in [0.15, 0.2) is 0 Å². The van der Waals surface area contributed by atoms with E-state index in [0.717, 1.165) is 16.4 Å². The molecule has 0 aromatic heterocycles. The third kappa shape index (κ3) is 3.96. The molecule has 1 aromatic rings. The highest BCUT2D eigenvalue weighted by molar-refractivity contribution is 9.10. The normalized spacial score (nSPS) is 15.2. The van der Waals surface area contributed by atoms with E-state index in [1.54, 1.807) is 9.80 Å². The molecule has 0 saturated carbocycles. The van der Waals surface area contributed by atoms with Crippen molar-refractivity contribution in [3.05, 3.63) is 34.3 Å². The van der Waals surface area contributed by atoms with Crippen LogP contribution in [0.1, 0.15) is 5.56 Å². The van der Waals surface area contributed by atoms with Crippen LogP contribution in [0.4, 0.5) is 4.79 Å². The number of hydrogen-bond donors (Lipinski definition) is 1. The summed E-state index contributed by atoms with van der Waals surface area (Å²) >= 11 is 3.40. The minimum absolute atomic E-state index is 0.0782. The van der Waals surface area contributed by atoms with Crippen molar-refractivity contribution in [3.8, 4) is 0 Å². The van der Waals surface area contributed by atoms with Crippen molar-refractivity contribution in [1.82, 2.24) is 15.1 Å². The molecule has 1 aliphatic heterocycles. The smallest absolute Gasteiger partial charge is 0.317 e. The van der Waals surface area contributed by atoms with Gasteiger partial charge in [0.05, 0.1) is 0 Å². The minimum Gasteiger partial charge on any atom is -0.342 e. The van der Waals surface area contributed by atoms with Gasteiger partial charge >= 0.3 is 6.03 Å².